The van der Waals surface area contributed by atoms with Crippen LogP contribution in [0.2, 0.25) is 0 Å². The van der Waals surface area contributed by atoms with Crippen molar-refractivity contribution in [2.24, 2.45) is 11.7 Å². The Balaban J connectivity index is 2.34. The van der Waals surface area contributed by atoms with E-state index in [2.05, 4.69) is 6.08 Å². The van der Waals surface area contributed by atoms with Crippen LogP contribution in [0.3, 0.4) is 0 Å². The maximum Gasteiger partial charge on any atom is 0.326 e. The van der Waals surface area contributed by atoms with Crippen LogP contribution in [0.5, 0.6) is 0 Å². The Kier molecular flexibility index (Phi) is 3.35. The minimum Gasteiger partial charge on any atom is -0.480 e. The second-order valence-electron chi connectivity index (χ2n) is 4.75. The second-order valence-corrected chi connectivity index (χ2v) is 4.75. The van der Waals surface area contributed by atoms with Gasteiger partial charge in [-0.2, -0.15) is 0 Å². The third-order valence-corrected chi connectivity index (χ3v) is 3.73. The molecule has 3 N–H and O–H groups in total. The molecular weight excluding hydrogens is 218 g/mol. The van der Waals surface area contributed by atoms with Crippen molar-refractivity contribution in [2.45, 2.75) is 37.8 Å². The molecule has 1 fully saturated rings. The summed E-state index contributed by atoms with van der Waals surface area (Å²) in [4.78, 5) is 11.4. The van der Waals surface area contributed by atoms with Crippen LogP contribution in [0.25, 0.3) is 0 Å². The number of fused-ring (bicyclic) bond motifs is 1. The number of hydrogen-bond acceptors (Lipinski definition) is 3. The first kappa shape index (κ1) is 12.3. The molecule has 3 unspecified atom stereocenters. The van der Waals surface area contributed by atoms with Crippen molar-refractivity contribution < 1.29 is 14.6 Å². The summed E-state index contributed by atoms with van der Waals surface area (Å²) < 4.78 is 5.62. The summed E-state index contributed by atoms with van der Waals surface area (Å²) in [7, 11) is 0. The maximum atomic E-state index is 11.4. The van der Waals surface area contributed by atoms with Crippen LogP contribution in [0.15, 0.2) is 23.8 Å². The van der Waals surface area contributed by atoms with Crippen molar-refractivity contribution in [1.82, 2.24) is 0 Å². The van der Waals surface area contributed by atoms with Crippen molar-refractivity contribution >= 4 is 5.97 Å². The van der Waals surface area contributed by atoms with Crippen molar-refractivity contribution in [3.63, 3.8) is 0 Å². The number of ether oxygens (including phenoxy) is 1. The molecule has 0 saturated heterocycles. The largest absolute Gasteiger partial charge is 0.480 e. The zero-order chi connectivity index (χ0) is 12.5. The Morgan fingerprint density at radius 1 is 1.71 bits per heavy atom. The number of nitrogens with two attached hydrogens (primary N) is 1. The fraction of sp³-hybridized carbons (Fsp3) is 0.615. The molecule has 4 nitrogen and oxygen atoms in total. The van der Waals surface area contributed by atoms with Gasteiger partial charge in [0.05, 0.1) is 0 Å². The lowest BCUT2D eigenvalue weighted by Gasteiger charge is -2.43. The SMILES string of the molecule is CCOC1C2=CC=CCC2CCC1(N)C(=O)O. The highest BCUT2D eigenvalue weighted by Crippen LogP contribution is 2.40. The molecule has 2 aliphatic rings. The van der Waals surface area contributed by atoms with E-state index in [1.54, 1.807) is 0 Å². The van der Waals surface area contributed by atoms with Gasteiger partial charge in [0, 0.05) is 6.61 Å². The Morgan fingerprint density at radius 3 is 3.12 bits per heavy atom. The monoisotopic (exact) mass is 237 g/mol. The van der Waals surface area contributed by atoms with Crippen molar-refractivity contribution in [3.8, 4) is 0 Å². The van der Waals surface area contributed by atoms with Gasteiger partial charge in [-0.25, -0.2) is 0 Å². The van der Waals surface area contributed by atoms with Crippen molar-refractivity contribution in [2.75, 3.05) is 6.61 Å². The topological polar surface area (TPSA) is 72.5 Å². The average Bonchev–Trinajstić information content (AvgIpc) is 2.33. The van der Waals surface area contributed by atoms with E-state index < -0.39 is 17.6 Å². The van der Waals surface area contributed by atoms with Crippen LogP contribution in [-0.4, -0.2) is 29.3 Å². The van der Waals surface area contributed by atoms with Gasteiger partial charge in [-0.15, -0.1) is 0 Å². The summed E-state index contributed by atoms with van der Waals surface area (Å²) in [6.07, 6.45) is 7.82. The fourth-order valence-electron chi connectivity index (χ4n) is 2.75. The highest BCUT2D eigenvalue weighted by molar-refractivity contribution is 5.80. The van der Waals surface area contributed by atoms with Gasteiger partial charge in [0.15, 0.2) is 0 Å². The van der Waals surface area contributed by atoms with Gasteiger partial charge in [-0.05, 0) is 37.7 Å². The second kappa shape index (κ2) is 4.63. The van der Waals surface area contributed by atoms with E-state index in [0.717, 1.165) is 18.4 Å². The molecule has 0 radical (unpaired) electrons. The molecule has 0 heterocycles. The summed E-state index contributed by atoms with van der Waals surface area (Å²) in [5, 5.41) is 9.33. The first-order valence-corrected chi connectivity index (χ1v) is 6.10. The zero-order valence-corrected chi connectivity index (χ0v) is 10.1. The van der Waals surface area contributed by atoms with Gasteiger partial charge in [-0.3, -0.25) is 4.79 Å². The lowest BCUT2D eigenvalue weighted by molar-refractivity contribution is -0.150. The molecule has 1 saturated carbocycles. The van der Waals surface area contributed by atoms with E-state index in [-0.39, 0.29) is 0 Å². The predicted octanol–water partition coefficient (Wildman–Crippen LogP) is 1.47. The quantitative estimate of drug-likeness (QED) is 0.779. The molecule has 0 aliphatic heterocycles. The van der Waals surface area contributed by atoms with Crippen LogP contribution in [-0.2, 0) is 9.53 Å². The summed E-state index contributed by atoms with van der Waals surface area (Å²) in [6, 6.07) is 0. The van der Waals surface area contributed by atoms with Gasteiger partial charge < -0.3 is 15.6 Å². The smallest absolute Gasteiger partial charge is 0.326 e. The van der Waals surface area contributed by atoms with E-state index in [4.69, 9.17) is 10.5 Å². The molecule has 2 aliphatic carbocycles. The molecule has 4 heteroatoms. The Morgan fingerprint density at radius 2 is 2.47 bits per heavy atom. The molecule has 94 valence electrons. The standard InChI is InChI=1S/C13H19NO3/c1-2-17-11-10-6-4-3-5-9(10)7-8-13(11,14)12(15)16/h3-4,6,9,11H,2,5,7-8,14H2,1H3,(H,15,16). The number of carbonyl (C=O) groups is 1. The first-order chi connectivity index (χ1) is 8.09. The molecule has 0 bridgehead atoms. The van der Waals surface area contributed by atoms with E-state index >= 15 is 0 Å². The predicted molar refractivity (Wildman–Crippen MR) is 64.5 cm³/mol. The van der Waals surface area contributed by atoms with E-state index in [1.807, 2.05) is 19.1 Å². The van der Waals surface area contributed by atoms with Gasteiger partial charge in [-0.1, -0.05) is 18.2 Å². The number of aliphatic carboxylic acids is 1. The summed E-state index contributed by atoms with van der Waals surface area (Å²) in [6.45, 7) is 2.34. The van der Waals surface area contributed by atoms with E-state index in [9.17, 15) is 9.90 Å². The third kappa shape index (κ3) is 2.03. The molecule has 2 rings (SSSR count). The van der Waals surface area contributed by atoms with Crippen LogP contribution >= 0.6 is 0 Å². The third-order valence-electron chi connectivity index (χ3n) is 3.73. The fourth-order valence-corrected chi connectivity index (χ4v) is 2.75. The lowest BCUT2D eigenvalue weighted by atomic mass is 9.69. The van der Waals surface area contributed by atoms with Gasteiger partial charge in [0.1, 0.15) is 11.6 Å². The number of hydrogen-bond donors (Lipinski definition) is 2. The average molecular weight is 237 g/mol. The normalized spacial score (nSPS) is 36.2. The molecule has 0 aromatic carbocycles. The Bertz CT molecular complexity index is 375. The van der Waals surface area contributed by atoms with Gasteiger partial charge in [0.2, 0.25) is 0 Å². The Hall–Kier alpha value is -1.13. The van der Waals surface area contributed by atoms with Crippen LogP contribution in [0, 0.1) is 5.92 Å². The maximum absolute atomic E-state index is 11.4. The number of rotatable bonds is 3. The van der Waals surface area contributed by atoms with Crippen molar-refractivity contribution in [3.05, 3.63) is 23.8 Å². The summed E-state index contributed by atoms with van der Waals surface area (Å²) in [5.74, 6) is -0.572. The highest BCUT2D eigenvalue weighted by Gasteiger charge is 2.49. The van der Waals surface area contributed by atoms with Crippen LogP contribution in [0.4, 0.5) is 0 Å². The first-order valence-electron chi connectivity index (χ1n) is 6.10. The van der Waals surface area contributed by atoms with Crippen LogP contribution in [0.1, 0.15) is 26.2 Å². The number of carboxylic acid groups (broad SMARTS) is 1. The minimum absolute atomic E-state index is 0.396. The number of carboxylic acids is 1. The Labute approximate surface area is 101 Å². The minimum atomic E-state index is -1.27. The molecule has 0 aromatic heterocycles. The molecule has 17 heavy (non-hydrogen) atoms. The van der Waals surface area contributed by atoms with Crippen LogP contribution < -0.4 is 5.73 Å². The van der Waals surface area contributed by atoms with Gasteiger partial charge >= 0.3 is 5.97 Å². The molecule has 3 atom stereocenters. The zero-order valence-electron chi connectivity index (χ0n) is 10.1. The molecular formula is C13H19NO3. The summed E-state index contributed by atoms with van der Waals surface area (Å²) in [5.41, 5.74) is 5.82. The highest BCUT2D eigenvalue weighted by atomic mass is 16.5. The molecule has 0 aromatic rings. The van der Waals surface area contributed by atoms with E-state index in [0.29, 0.717) is 18.9 Å². The van der Waals surface area contributed by atoms with E-state index in [1.165, 1.54) is 0 Å². The molecule has 0 spiro atoms. The lowest BCUT2D eigenvalue weighted by Crippen LogP contribution is -2.61. The summed E-state index contributed by atoms with van der Waals surface area (Å²) >= 11 is 0. The van der Waals surface area contributed by atoms with Crippen molar-refractivity contribution in [1.29, 1.82) is 0 Å². The molecule has 0 amide bonds. The number of allylic oxidation sites excluding steroid dienone is 3. The van der Waals surface area contributed by atoms with Gasteiger partial charge in [0.25, 0.3) is 0 Å².